The Kier molecular flexibility index (Phi) is 4.46. The Morgan fingerprint density at radius 3 is 2.22 bits per heavy atom. The van der Waals surface area contributed by atoms with Crippen LogP contribution in [0.15, 0.2) is 71.3 Å². The van der Waals surface area contributed by atoms with Crippen molar-refractivity contribution in [3.8, 4) is 39.5 Å². The molecular formula is C23H18ClNO2. The Morgan fingerprint density at radius 1 is 0.815 bits per heavy atom. The van der Waals surface area contributed by atoms with Gasteiger partial charge >= 0.3 is 0 Å². The molecule has 0 bridgehead atoms. The fraction of sp³-hybridized carbons (Fsp3) is 0.0870. The molecule has 0 atom stereocenters. The van der Waals surface area contributed by atoms with E-state index >= 15 is 0 Å². The first-order valence-electron chi connectivity index (χ1n) is 8.67. The number of hydrogen-bond donors (Lipinski definition) is 1. The molecule has 0 unspecified atom stereocenters. The monoisotopic (exact) mass is 375 g/mol. The van der Waals surface area contributed by atoms with Crippen molar-refractivity contribution >= 4 is 11.6 Å². The lowest BCUT2D eigenvalue weighted by molar-refractivity contribution is 0.434. The average Bonchev–Trinajstić information content (AvgIpc) is 3.07. The zero-order valence-electron chi connectivity index (χ0n) is 15.0. The van der Waals surface area contributed by atoms with Gasteiger partial charge in [-0.25, -0.2) is 0 Å². The SMILES string of the molecule is Cc1cc(O)ccc1-c1onc(-c2ccccc2Cl)c1-c1ccccc1C. The van der Waals surface area contributed by atoms with E-state index in [0.29, 0.717) is 16.5 Å². The van der Waals surface area contributed by atoms with Gasteiger partial charge in [0.2, 0.25) is 0 Å². The van der Waals surface area contributed by atoms with E-state index in [9.17, 15) is 5.11 Å². The number of aromatic hydroxyl groups is 1. The molecule has 0 aliphatic carbocycles. The fourth-order valence-electron chi connectivity index (χ4n) is 3.32. The topological polar surface area (TPSA) is 46.3 Å². The maximum atomic E-state index is 9.77. The lowest BCUT2D eigenvalue weighted by atomic mass is 9.92. The summed E-state index contributed by atoms with van der Waals surface area (Å²) < 4.78 is 5.83. The third-order valence-corrected chi connectivity index (χ3v) is 5.02. The largest absolute Gasteiger partial charge is 0.508 e. The van der Waals surface area contributed by atoms with Crippen molar-refractivity contribution in [2.75, 3.05) is 0 Å². The zero-order valence-corrected chi connectivity index (χ0v) is 15.8. The van der Waals surface area contributed by atoms with Crippen LogP contribution in [0.3, 0.4) is 0 Å². The van der Waals surface area contributed by atoms with E-state index in [1.165, 1.54) is 0 Å². The lowest BCUT2D eigenvalue weighted by Gasteiger charge is -2.10. The second-order valence-corrected chi connectivity index (χ2v) is 6.94. The molecule has 0 amide bonds. The molecule has 134 valence electrons. The van der Waals surface area contributed by atoms with Gasteiger partial charge in [0.05, 0.1) is 10.6 Å². The summed E-state index contributed by atoms with van der Waals surface area (Å²) in [4.78, 5) is 0. The number of phenolic OH excluding ortho intramolecular Hbond substituents is 1. The summed E-state index contributed by atoms with van der Waals surface area (Å²) in [6.45, 7) is 4.00. The quantitative estimate of drug-likeness (QED) is 0.436. The highest BCUT2D eigenvalue weighted by Gasteiger charge is 2.24. The van der Waals surface area contributed by atoms with Crippen LogP contribution < -0.4 is 0 Å². The van der Waals surface area contributed by atoms with Crippen molar-refractivity contribution in [2.24, 2.45) is 0 Å². The standard InChI is InChI=1S/C23H18ClNO2/c1-14-7-3-4-8-17(14)21-22(19-9-5-6-10-20(19)24)25-27-23(21)18-12-11-16(26)13-15(18)2/h3-13,26H,1-2H3. The van der Waals surface area contributed by atoms with E-state index in [2.05, 4.69) is 24.2 Å². The molecule has 1 N–H and O–H groups in total. The van der Waals surface area contributed by atoms with E-state index in [0.717, 1.165) is 33.4 Å². The number of halogens is 1. The predicted octanol–water partition coefficient (Wildman–Crippen LogP) is 6.65. The molecule has 4 rings (SSSR count). The highest BCUT2D eigenvalue weighted by molar-refractivity contribution is 6.33. The molecular weight excluding hydrogens is 358 g/mol. The summed E-state index contributed by atoms with van der Waals surface area (Å²) in [6, 6.07) is 21.0. The zero-order chi connectivity index (χ0) is 19.0. The first-order valence-corrected chi connectivity index (χ1v) is 9.04. The highest BCUT2D eigenvalue weighted by atomic mass is 35.5. The minimum absolute atomic E-state index is 0.222. The van der Waals surface area contributed by atoms with Gasteiger partial charge in [0.15, 0.2) is 5.76 Å². The van der Waals surface area contributed by atoms with Gasteiger partial charge < -0.3 is 9.63 Å². The summed E-state index contributed by atoms with van der Waals surface area (Å²) in [5.41, 5.74) is 6.38. The molecule has 4 heteroatoms. The molecule has 4 aromatic rings. The highest BCUT2D eigenvalue weighted by Crippen LogP contribution is 2.43. The fourth-order valence-corrected chi connectivity index (χ4v) is 3.54. The number of aromatic nitrogens is 1. The van der Waals surface area contributed by atoms with Gasteiger partial charge in [-0.1, -0.05) is 59.2 Å². The molecule has 0 fully saturated rings. The molecule has 0 aliphatic rings. The maximum absolute atomic E-state index is 9.77. The van der Waals surface area contributed by atoms with Crippen LogP contribution in [0.1, 0.15) is 11.1 Å². The predicted molar refractivity (Wildman–Crippen MR) is 109 cm³/mol. The molecule has 0 aliphatic heterocycles. The number of rotatable bonds is 3. The van der Waals surface area contributed by atoms with Crippen LogP contribution in [-0.2, 0) is 0 Å². The normalized spacial score (nSPS) is 10.9. The summed E-state index contributed by atoms with van der Waals surface area (Å²) in [5.74, 6) is 0.885. The van der Waals surface area contributed by atoms with Crippen LogP contribution >= 0.6 is 11.6 Å². The maximum Gasteiger partial charge on any atom is 0.175 e. The van der Waals surface area contributed by atoms with E-state index in [1.807, 2.05) is 49.4 Å². The van der Waals surface area contributed by atoms with Crippen LogP contribution in [0.2, 0.25) is 5.02 Å². The van der Waals surface area contributed by atoms with Gasteiger partial charge in [-0.15, -0.1) is 0 Å². The third kappa shape index (κ3) is 3.11. The molecule has 3 aromatic carbocycles. The molecule has 0 saturated carbocycles. The van der Waals surface area contributed by atoms with Crippen molar-refractivity contribution in [3.05, 3.63) is 82.9 Å². The average molecular weight is 376 g/mol. The van der Waals surface area contributed by atoms with E-state index in [1.54, 1.807) is 12.1 Å². The van der Waals surface area contributed by atoms with E-state index in [4.69, 9.17) is 16.1 Å². The number of aryl methyl sites for hydroxylation is 2. The molecule has 27 heavy (non-hydrogen) atoms. The Balaban J connectivity index is 2.04. The Bertz CT molecular complexity index is 1130. The van der Waals surface area contributed by atoms with Crippen LogP contribution in [0, 0.1) is 13.8 Å². The van der Waals surface area contributed by atoms with Gasteiger partial charge in [0.25, 0.3) is 0 Å². The third-order valence-electron chi connectivity index (χ3n) is 4.69. The summed E-state index contributed by atoms with van der Waals surface area (Å²) in [6.07, 6.45) is 0. The van der Waals surface area contributed by atoms with Gasteiger partial charge in [-0.05, 0) is 54.8 Å². The Hall–Kier alpha value is -3.04. The minimum atomic E-state index is 0.222. The number of hydrogen-bond acceptors (Lipinski definition) is 3. The first-order chi connectivity index (χ1) is 13.1. The van der Waals surface area contributed by atoms with Crippen molar-refractivity contribution < 1.29 is 9.63 Å². The molecule has 0 saturated heterocycles. The van der Waals surface area contributed by atoms with Crippen molar-refractivity contribution in [3.63, 3.8) is 0 Å². The Labute approximate surface area is 162 Å². The Morgan fingerprint density at radius 2 is 1.52 bits per heavy atom. The van der Waals surface area contributed by atoms with Crippen LogP contribution in [0.5, 0.6) is 5.75 Å². The molecule has 3 nitrogen and oxygen atoms in total. The van der Waals surface area contributed by atoms with Gasteiger partial charge in [0.1, 0.15) is 11.4 Å². The molecule has 1 aromatic heterocycles. The van der Waals surface area contributed by atoms with Crippen LogP contribution in [0.25, 0.3) is 33.7 Å². The first kappa shape index (κ1) is 17.4. The van der Waals surface area contributed by atoms with E-state index in [-0.39, 0.29) is 5.75 Å². The summed E-state index contributed by atoms with van der Waals surface area (Å²) >= 11 is 6.45. The van der Waals surface area contributed by atoms with Crippen LogP contribution in [-0.4, -0.2) is 10.3 Å². The molecule has 1 heterocycles. The second kappa shape index (κ2) is 6.93. The summed E-state index contributed by atoms with van der Waals surface area (Å²) in [5, 5.41) is 14.8. The van der Waals surface area contributed by atoms with Crippen molar-refractivity contribution in [1.29, 1.82) is 0 Å². The van der Waals surface area contributed by atoms with Crippen LogP contribution in [0.4, 0.5) is 0 Å². The van der Waals surface area contributed by atoms with Gasteiger partial charge in [-0.2, -0.15) is 0 Å². The number of benzene rings is 3. The lowest BCUT2D eigenvalue weighted by Crippen LogP contribution is -1.90. The van der Waals surface area contributed by atoms with Crippen molar-refractivity contribution in [2.45, 2.75) is 13.8 Å². The van der Waals surface area contributed by atoms with E-state index < -0.39 is 0 Å². The number of nitrogens with zero attached hydrogens (tertiary/aromatic N) is 1. The second-order valence-electron chi connectivity index (χ2n) is 6.53. The van der Waals surface area contributed by atoms with Gasteiger partial charge in [0, 0.05) is 11.1 Å². The molecule has 0 radical (unpaired) electrons. The smallest absolute Gasteiger partial charge is 0.175 e. The number of phenols is 1. The molecule has 0 spiro atoms. The van der Waals surface area contributed by atoms with Gasteiger partial charge in [-0.3, -0.25) is 0 Å². The minimum Gasteiger partial charge on any atom is -0.508 e. The van der Waals surface area contributed by atoms with Crippen molar-refractivity contribution in [1.82, 2.24) is 5.16 Å². The summed E-state index contributed by atoms with van der Waals surface area (Å²) in [7, 11) is 0.